The van der Waals surface area contributed by atoms with E-state index in [2.05, 4.69) is 27.4 Å². The van der Waals surface area contributed by atoms with Crippen LogP contribution in [0.25, 0.3) is 0 Å². The van der Waals surface area contributed by atoms with Gasteiger partial charge in [-0.3, -0.25) is 0 Å². The predicted molar refractivity (Wildman–Crippen MR) is 98.9 cm³/mol. The van der Waals surface area contributed by atoms with Gasteiger partial charge < -0.3 is 0 Å². The fourth-order valence-corrected chi connectivity index (χ4v) is 2.89. The highest BCUT2D eigenvalue weighted by atomic mass is 14.1. The van der Waals surface area contributed by atoms with Crippen LogP contribution >= 0.6 is 0 Å². The Labute approximate surface area is 135 Å². The molecule has 0 aliphatic carbocycles. The molecule has 0 aromatic rings. The number of hydrogen-bond acceptors (Lipinski definition) is 0. The van der Waals surface area contributed by atoms with E-state index >= 15 is 0 Å². The first kappa shape index (κ1) is 20.7. The van der Waals surface area contributed by atoms with Crippen molar-refractivity contribution >= 4 is 0 Å². The summed E-state index contributed by atoms with van der Waals surface area (Å²) in [5.41, 5.74) is 0.533. The van der Waals surface area contributed by atoms with Crippen LogP contribution in [-0.2, 0) is 0 Å². The molecule has 21 heavy (non-hydrogen) atoms. The highest BCUT2D eigenvalue weighted by Crippen LogP contribution is 2.22. The lowest BCUT2D eigenvalue weighted by Crippen LogP contribution is -2.03. The van der Waals surface area contributed by atoms with Gasteiger partial charge in [0.25, 0.3) is 0 Å². The van der Waals surface area contributed by atoms with Crippen molar-refractivity contribution in [2.24, 2.45) is 5.41 Å². The molecule has 126 valence electrons. The average molecular weight is 295 g/mol. The van der Waals surface area contributed by atoms with E-state index in [4.69, 9.17) is 0 Å². The highest BCUT2D eigenvalue weighted by molar-refractivity contribution is 4.65. The molecule has 0 N–H and O–H groups in total. The predicted octanol–water partition coefficient (Wildman–Crippen LogP) is 8.07. The fourth-order valence-electron chi connectivity index (χ4n) is 2.89. The monoisotopic (exact) mass is 294 g/mol. The van der Waals surface area contributed by atoms with Crippen molar-refractivity contribution in [2.45, 2.75) is 117 Å². The van der Waals surface area contributed by atoms with Gasteiger partial charge in [-0.1, -0.05) is 104 Å². The van der Waals surface area contributed by atoms with Crippen LogP contribution in [0.15, 0.2) is 12.7 Å². The zero-order valence-electron chi connectivity index (χ0n) is 15.4. The van der Waals surface area contributed by atoms with Crippen LogP contribution < -0.4 is 0 Å². The van der Waals surface area contributed by atoms with Crippen molar-refractivity contribution in [3.63, 3.8) is 0 Å². The van der Waals surface area contributed by atoms with Gasteiger partial charge in [-0.15, -0.1) is 6.58 Å². The molecule has 0 atom stereocenters. The molecule has 0 aliphatic heterocycles. The zero-order valence-corrected chi connectivity index (χ0v) is 15.4. The van der Waals surface area contributed by atoms with Gasteiger partial charge in [-0.25, -0.2) is 0 Å². The number of allylic oxidation sites excluding steroid dienone is 1. The third-order valence-corrected chi connectivity index (χ3v) is 4.34. The summed E-state index contributed by atoms with van der Waals surface area (Å²) in [6, 6.07) is 0. The maximum atomic E-state index is 3.77. The average Bonchev–Trinajstić information content (AvgIpc) is 2.42. The van der Waals surface area contributed by atoms with Gasteiger partial charge in [0.15, 0.2) is 0 Å². The summed E-state index contributed by atoms with van der Waals surface area (Å²) in [5.74, 6) is 0. The summed E-state index contributed by atoms with van der Waals surface area (Å²) in [5, 5.41) is 0. The van der Waals surface area contributed by atoms with E-state index in [-0.39, 0.29) is 0 Å². The molecule has 0 nitrogen and oxygen atoms in total. The quantitative estimate of drug-likeness (QED) is 0.211. The van der Waals surface area contributed by atoms with E-state index in [0.29, 0.717) is 5.41 Å². The molecule has 0 saturated carbocycles. The summed E-state index contributed by atoms with van der Waals surface area (Å²) in [6.45, 7) is 10.8. The standard InChI is InChI=1S/C21H42/c1-5-6-7-8-9-10-11-12-13-14-15-16-17-18-19-20-21(2,3)4/h5H,1,6-20H2,2-4H3. The minimum absolute atomic E-state index is 0.533. The zero-order chi connectivity index (χ0) is 15.8. The van der Waals surface area contributed by atoms with Gasteiger partial charge in [0.2, 0.25) is 0 Å². The van der Waals surface area contributed by atoms with E-state index in [1.807, 2.05) is 6.08 Å². The van der Waals surface area contributed by atoms with Crippen LogP contribution in [0.4, 0.5) is 0 Å². The number of unbranched alkanes of at least 4 members (excludes halogenated alkanes) is 13. The van der Waals surface area contributed by atoms with Crippen LogP contribution in [0.1, 0.15) is 117 Å². The molecule has 0 aromatic heterocycles. The lowest BCUT2D eigenvalue weighted by atomic mass is 9.89. The first-order valence-corrected chi connectivity index (χ1v) is 9.67. The van der Waals surface area contributed by atoms with Gasteiger partial charge in [-0.05, 0) is 24.7 Å². The molecule has 0 unspecified atom stereocenters. The summed E-state index contributed by atoms with van der Waals surface area (Å²) in [7, 11) is 0. The maximum absolute atomic E-state index is 3.77. The van der Waals surface area contributed by atoms with Crippen LogP contribution in [0.2, 0.25) is 0 Å². The largest absolute Gasteiger partial charge is 0.103 e. The van der Waals surface area contributed by atoms with Crippen LogP contribution in [0, 0.1) is 5.41 Å². The van der Waals surface area contributed by atoms with E-state index in [9.17, 15) is 0 Å². The topological polar surface area (TPSA) is 0 Å². The second-order valence-electron chi connectivity index (χ2n) is 7.98. The minimum Gasteiger partial charge on any atom is -0.103 e. The molecule has 0 aliphatic rings. The first-order chi connectivity index (χ1) is 10.1. The molecule has 0 heterocycles. The SMILES string of the molecule is C=CCCCCCCCCCCCCCCCC(C)(C)C. The van der Waals surface area contributed by atoms with E-state index in [1.165, 1.54) is 96.3 Å². The van der Waals surface area contributed by atoms with Gasteiger partial charge in [0.05, 0.1) is 0 Å². The lowest BCUT2D eigenvalue weighted by Gasteiger charge is -2.17. The molecule has 0 aromatic carbocycles. The highest BCUT2D eigenvalue weighted by Gasteiger charge is 2.08. The molecule has 0 radical (unpaired) electrons. The molecular formula is C21H42. The first-order valence-electron chi connectivity index (χ1n) is 9.67. The Bertz CT molecular complexity index is 209. The molecule has 0 bridgehead atoms. The van der Waals surface area contributed by atoms with Crippen molar-refractivity contribution < 1.29 is 0 Å². The normalized spacial score (nSPS) is 11.8. The van der Waals surface area contributed by atoms with Crippen molar-refractivity contribution in [2.75, 3.05) is 0 Å². The molecule has 0 saturated heterocycles. The van der Waals surface area contributed by atoms with Crippen molar-refractivity contribution in [3.05, 3.63) is 12.7 Å². The number of rotatable bonds is 15. The summed E-state index contributed by atoms with van der Waals surface area (Å²) in [4.78, 5) is 0. The van der Waals surface area contributed by atoms with Gasteiger partial charge in [0, 0.05) is 0 Å². The van der Waals surface area contributed by atoms with Gasteiger partial charge >= 0.3 is 0 Å². The Morgan fingerprint density at radius 1 is 0.571 bits per heavy atom. The Kier molecular flexibility index (Phi) is 14.5. The lowest BCUT2D eigenvalue weighted by molar-refractivity contribution is 0.356. The summed E-state index contributed by atoms with van der Waals surface area (Å²) >= 11 is 0. The fraction of sp³-hybridized carbons (Fsp3) is 0.905. The van der Waals surface area contributed by atoms with Crippen molar-refractivity contribution in [1.82, 2.24) is 0 Å². The van der Waals surface area contributed by atoms with Crippen LogP contribution in [0.3, 0.4) is 0 Å². The maximum Gasteiger partial charge on any atom is -0.0353 e. The van der Waals surface area contributed by atoms with Gasteiger partial charge in [0.1, 0.15) is 0 Å². The minimum atomic E-state index is 0.533. The molecule has 0 spiro atoms. The van der Waals surface area contributed by atoms with E-state index < -0.39 is 0 Å². The second-order valence-corrected chi connectivity index (χ2v) is 7.98. The van der Waals surface area contributed by atoms with Crippen LogP contribution in [0.5, 0.6) is 0 Å². The summed E-state index contributed by atoms with van der Waals surface area (Å²) in [6.07, 6.45) is 23.4. The second kappa shape index (κ2) is 14.7. The summed E-state index contributed by atoms with van der Waals surface area (Å²) < 4.78 is 0. The van der Waals surface area contributed by atoms with E-state index in [1.54, 1.807) is 0 Å². The molecule has 0 heteroatoms. The molecule has 0 amide bonds. The van der Waals surface area contributed by atoms with E-state index in [0.717, 1.165) is 0 Å². The van der Waals surface area contributed by atoms with Crippen molar-refractivity contribution in [1.29, 1.82) is 0 Å². The number of hydrogen-bond donors (Lipinski definition) is 0. The Balaban J connectivity index is 3.01. The third kappa shape index (κ3) is 19.7. The van der Waals surface area contributed by atoms with Crippen molar-refractivity contribution in [3.8, 4) is 0 Å². The molecular weight excluding hydrogens is 252 g/mol. The molecule has 0 rings (SSSR count). The Hall–Kier alpha value is -0.260. The Morgan fingerprint density at radius 2 is 0.905 bits per heavy atom. The van der Waals surface area contributed by atoms with Crippen LogP contribution in [-0.4, -0.2) is 0 Å². The Morgan fingerprint density at radius 3 is 1.24 bits per heavy atom. The third-order valence-electron chi connectivity index (χ3n) is 4.34. The molecule has 0 fully saturated rings. The smallest absolute Gasteiger partial charge is 0.0353 e. The van der Waals surface area contributed by atoms with Gasteiger partial charge in [-0.2, -0.15) is 0 Å².